The van der Waals surface area contributed by atoms with E-state index in [1.54, 1.807) is 0 Å². The van der Waals surface area contributed by atoms with Crippen LogP contribution in [0.1, 0.15) is 42.0 Å². The van der Waals surface area contributed by atoms with Gasteiger partial charge in [0.1, 0.15) is 0 Å². The molecule has 2 aromatic rings. The molecule has 2 nitrogen and oxygen atoms in total. The molecule has 0 radical (unpaired) electrons. The maximum absolute atomic E-state index is 12.3. The van der Waals surface area contributed by atoms with Crippen LogP contribution in [0.25, 0.3) is 0 Å². The first-order valence-corrected chi connectivity index (χ1v) is 7.66. The van der Waals surface area contributed by atoms with Crippen molar-refractivity contribution in [1.82, 2.24) is 5.32 Å². The van der Waals surface area contributed by atoms with Crippen molar-refractivity contribution in [2.45, 2.75) is 32.2 Å². The van der Waals surface area contributed by atoms with Crippen molar-refractivity contribution in [2.75, 3.05) is 0 Å². The Bertz CT molecular complexity index is 599. The topological polar surface area (TPSA) is 29.1 Å². The maximum atomic E-state index is 12.3. The molecule has 1 aliphatic rings. The molecule has 0 unspecified atom stereocenters. The molecule has 0 bridgehead atoms. The highest BCUT2D eigenvalue weighted by molar-refractivity contribution is 5.80. The number of rotatable bonds is 4. The zero-order valence-corrected chi connectivity index (χ0v) is 12.4. The molecule has 1 fully saturated rings. The van der Waals surface area contributed by atoms with E-state index >= 15 is 0 Å². The summed E-state index contributed by atoms with van der Waals surface area (Å²) in [6.07, 6.45) is 3.24. The predicted octanol–water partition coefficient (Wildman–Crippen LogP) is 4.00. The van der Waals surface area contributed by atoms with Crippen LogP contribution in [0.2, 0.25) is 0 Å². The van der Waals surface area contributed by atoms with Crippen LogP contribution in [0.3, 0.4) is 0 Å². The molecule has 0 aliphatic heterocycles. The van der Waals surface area contributed by atoms with Gasteiger partial charge in [0.15, 0.2) is 0 Å². The third-order valence-electron chi connectivity index (χ3n) is 4.31. The minimum atomic E-state index is -0.0556. The standard InChI is InChI=1S/C19H21NO/c1-14-10-12-16(13-11-14)18(15-6-3-2-4-7-15)20-19(21)17-8-5-9-17/h2-4,6-7,10-13,17-18H,5,8-9H2,1H3,(H,20,21)/t18-/m0/s1. The highest BCUT2D eigenvalue weighted by Gasteiger charge is 2.27. The molecule has 1 saturated carbocycles. The van der Waals surface area contributed by atoms with E-state index in [9.17, 15) is 4.79 Å². The van der Waals surface area contributed by atoms with Gasteiger partial charge in [0.05, 0.1) is 6.04 Å². The molecule has 0 spiro atoms. The molecule has 0 heterocycles. The summed E-state index contributed by atoms with van der Waals surface area (Å²) in [5.74, 6) is 0.400. The molecular weight excluding hydrogens is 258 g/mol. The van der Waals surface area contributed by atoms with Crippen LogP contribution >= 0.6 is 0 Å². The largest absolute Gasteiger partial charge is 0.345 e. The minimum Gasteiger partial charge on any atom is -0.345 e. The molecule has 1 N–H and O–H groups in total. The van der Waals surface area contributed by atoms with Gasteiger partial charge in [-0.1, -0.05) is 66.6 Å². The Morgan fingerprint density at radius 3 is 2.19 bits per heavy atom. The summed E-state index contributed by atoms with van der Waals surface area (Å²) in [5, 5.41) is 3.23. The Morgan fingerprint density at radius 2 is 1.62 bits per heavy atom. The SMILES string of the molecule is Cc1ccc([C@@H](NC(=O)C2CCC2)c2ccccc2)cc1. The van der Waals surface area contributed by atoms with Crippen LogP contribution in [0.4, 0.5) is 0 Å². The van der Waals surface area contributed by atoms with Gasteiger partial charge in [-0.3, -0.25) is 4.79 Å². The van der Waals surface area contributed by atoms with Crippen molar-refractivity contribution < 1.29 is 4.79 Å². The van der Waals surface area contributed by atoms with Crippen LogP contribution in [0.5, 0.6) is 0 Å². The van der Waals surface area contributed by atoms with E-state index in [2.05, 4.69) is 48.6 Å². The zero-order valence-electron chi connectivity index (χ0n) is 12.4. The zero-order chi connectivity index (χ0) is 14.7. The van der Waals surface area contributed by atoms with Crippen molar-refractivity contribution in [1.29, 1.82) is 0 Å². The van der Waals surface area contributed by atoms with E-state index in [1.807, 2.05) is 18.2 Å². The van der Waals surface area contributed by atoms with Crippen molar-refractivity contribution in [3.05, 3.63) is 71.3 Å². The minimum absolute atomic E-state index is 0.0556. The van der Waals surface area contributed by atoms with Gasteiger partial charge in [-0.05, 0) is 30.9 Å². The van der Waals surface area contributed by atoms with Crippen LogP contribution in [-0.4, -0.2) is 5.91 Å². The summed E-state index contributed by atoms with van der Waals surface area (Å²) in [5.41, 5.74) is 3.50. The average molecular weight is 279 g/mol. The molecular formula is C19H21NO. The van der Waals surface area contributed by atoms with Gasteiger partial charge >= 0.3 is 0 Å². The monoisotopic (exact) mass is 279 g/mol. The van der Waals surface area contributed by atoms with Crippen LogP contribution in [-0.2, 0) is 4.79 Å². The van der Waals surface area contributed by atoms with Gasteiger partial charge < -0.3 is 5.32 Å². The highest BCUT2D eigenvalue weighted by atomic mass is 16.2. The lowest BCUT2D eigenvalue weighted by Gasteiger charge is -2.28. The lowest BCUT2D eigenvalue weighted by atomic mass is 9.84. The second-order valence-corrected chi connectivity index (χ2v) is 5.89. The van der Waals surface area contributed by atoms with Gasteiger partial charge in [-0.15, -0.1) is 0 Å². The number of carbonyl (C=O) groups excluding carboxylic acids is 1. The molecule has 1 atom stereocenters. The summed E-state index contributed by atoms with van der Waals surface area (Å²) in [6.45, 7) is 2.08. The average Bonchev–Trinajstić information content (AvgIpc) is 2.45. The molecule has 0 saturated heterocycles. The molecule has 21 heavy (non-hydrogen) atoms. The Morgan fingerprint density at radius 1 is 1.00 bits per heavy atom. The summed E-state index contributed by atoms with van der Waals surface area (Å²) < 4.78 is 0. The van der Waals surface area contributed by atoms with Crippen LogP contribution in [0.15, 0.2) is 54.6 Å². The Hall–Kier alpha value is -2.09. The van der Waals surface area contributed by atoms with Crippen LogP contribution < -0.4 is 5.32 Å². The Kier molecular flexibility index (Phi) is 4.05. The van der Waals surface area contributed by atoms with Crippen molar-refractivity contribution in [3.8, 4) is 0 Å². The third kappa shape index (κ3) is 3.15. The summed E-state index contributed by atoms with van der Waals surface area (Å²) in [4.78, 5) is 12.3. The van der Waals surface area contributed by atoms with E-state index in [1.165, 1.54) is 12.0 Å². The van der Waals surface area contributed by atoms with E-state index in [0.29, 0.717) is 0 Å². The van der Waals surface area contributed by atoms with Gasteiger partial charge in [0.25, 0.3) is 0 Å². The molecule has 2 aromatic carbocycles. The number of carbonyl (C=O) groups is 1. The summed E-state index contributed by atoms with van der Waals surface area (Å²) in [6, 6.07) is 18.5. The van der Waals surface area contributed by atoms with Crippen molar-refractivity contribution in [2.24, 2.45) is 5.92 Å². The molecule has 108 valence electrons. The smallest absolute Gasteiger partial charge is 0.223 e. The summed E-state index contributed by atoms with van der Waals surface area (Å²) >= 11 is 0. The molecule has 0 aromatic heterocycles. The fourth-order valence-corrected chi connectivity index (χ4v) is 2.69. The first-order valence-electron chi connectivity index (χ1n) is 7.66. The van der Waals surface area contributed by atoms with E-state index in [0.717, 1.165) is 24.0 Å². The van der Waals surface area contributed by atoms with Gasteiger partial charge in [0.2, 0.25) is 5.91 Å². The first-order chi connectivity index (χ1) is 10.2. The van der Waals surface area contributed by atoms with Gasteiger partial charge in [-0.2, -0.15) is 0 Å². The van der Waals surface area contributed by atoms with E-state index in [4.69, 9.17) is 0 Å². The number of hydrogen-bond acceptors (Lipinski definition) is 1. The van der Waals surface area contributed by atoms with E-state index in [-0.39, 0.29) is 17.9 Å². The highest BCUT2D eigenvalue weighted by Crippen LogP contribution is 2.29. The normalized spacial score (nSPS) is 16.0. The second kappa shape index (κ2) is 6.13. The van der Waals surface area contributed by atoms with Crippen LogP contribution in [0, 0.1) is 12.8 Å². The van der Waals surface area contributed by atoms with Crippen molar-refractivity contribution in [3.63, 3.8) is 0 Å². The molecule has 1 aliphatic carbocycles. The lowest BCUT2D eigenvalue weighted by molar-refractivity contribution is -0.127. The van der Waals surface area contributed by atoms with Crippen molar-refractivity contribution >= 4 is 5.91 Å². The number of hydrogen-bond donors (Lipinski definition) is 1. The number of aryl methyl sites for hydroxylation is 1. The fraction of sp³-hybridized carbons (Fsp3) is 0.316. The first kappa shape index (κ1) is 13.9. The number of amides is 1. The Labute approximate surface area is 126 Å². The third-order valence-corrected chi connectivity index (χ3v) is 4.31. The fourth-order valence-electron chi connectivity index (χ4n) is 2.69. The summed E-state index contributed by atoms with van der Waals surface area (Å²) in [7, 11) is 0. The lowest BCUT2D eigenvalue weighted by Crippen LogP contribution is -2.37. The molecule has 2 heteroatoms. The number of benzene rings is 2. The van der Waals surface area contributed by atoms with E-state index < -0.39 is 0 Å². The quantitative estimate of drug-likeness (QED) is 0.900. The predicted molar refractivity (Wildman–Crippen MR) is 84.9 cm³/mol. The van der Waals surface area contributed by atoms with Gasteiger partial charge in [-0.25, -0.2) is 0 Å². The maximum Gasteiger partial charge on any atom is 0.223 e. The molecule has 3 rings (SSSR count). The van der Waals surface area contributed by atoms with Gasteiger partial charge in [0, 0.05) is 5.92 Å². The Balaban J connectivity index is 1.87. The second-order valence-electron chi connectivity index (χ2n) is 5.89. The number of nitrogens with one attached hydrogen (secondary N) is 1. The molecule has 1 amide bonds.